The predicted molar refractivity (Wildman–Crippen MR) is 82.5 cm³/mol. The molecule has 0 saturated carbocycles. The average molecular weight is 292 g/mol. The van der Waals surface area contributed by atoms with E-state index in [2.05, 4.69) is 19.1 Å². The van der Waals surface area contributed by atoms with Crippen molar-refractivity contribution < 1.29 is 4.39 Å². The molecule has 0 fully saturated rings. The Hall–Kier alpha value is -1.38. The van der Waals surface area contributed by atoms with Crippen LogP contribution < -0.4 is 5.73 Å². The first-order valence-corrected chi connectivity index (χ1v) is 7.17. The Morgan fingerprint density at radius 1 is 1.05 bits per heavy atom. The van der Waals surface area contributed by atoms with Crippen LogP contribution in [-0.4, -0.2) is 5.54 Å². The lowest BCUT2D eigenvalue weighted by atomic mass is 9.83. The average Bonchev–Trinajstić information content (AvgIpc) is 2.45. The molecule has 1 unspecified atom stereocenters. The second-order valence-corrected chi connectivity index (χ2v) is 5.65. The molecule has 0 saturated heterocycles. The molecular weight excluding hydrogens is 273 g/mol. The second kappa shape index (κ2) is 6.38. The largest absolute Gasteiger partial charge is 0.325 e. The van der Waals surface area contributed by atoms with Gasteiger partial charge in [0.2, 0.25) is 0 Å². The minimum Gasteiger partial charge on any atom is -0.325 e. The lowest BCUT2D eigenvalue weighted by Crippen LogP contribution is -2.43. The number of halogens is 2. The van der Waals surface area contributed by atoms with E-state index in [1.807, 2.05) is 24.3 Å². The molecule has 0 bridgehead atoms. The summed E-state index contributed by atoms with van der Waals surface area (Å²) in [6.45, 7) is 2.05. The van der Waals surface area contributed by atoms with E-state index in [4.69, 9.17) is 17.3 Å². The molecule has 1 nitrogen and oxygen atoms in total. The van der Waals surface area contributed by atoms with Gasteiger partial charge in [-0.05, 0) is 36.5 Å². The first-order chi connectivity index (χ1) is 9.54. The molecule has 0 amide bonds. The van der Waals surface area contributed by atoms with Crippen molar-refractivity contribution in [3.63, 3.8) is 0 Å². The van der Waals surface area contributed by atoms with E-state index in [1.165, 1.54) is 11.6 Å². The Morgan fingerprint density at radius 3 is 2.40 bits per heavy atom. The van der Waals surface area contributed by atoms with Crippen molar-refractivity contribution in [2.24, 2.45) is 5.73 Å². The predicted octanol–water partition coefficient (Wildman–Crippen LogP) is 4.37. The topological polar surface area (TPSA) is 26.0 Å². The van der Waals surface area contributed by atoms with Gasteiger partial charge in [-0.25, -0.2) is 4.39 Å². The molecule has 106 valence electrons. The van der Waals surface area contributed by atoms with Crippen LogP contribution in [0.2, 0.25) is 5.02 Å². The third-order valence-corrected chi connectivity index (χ3v) is 4.10. The van der Waals surface area contributed by atoms with Crippen molar-refractivity contribution in [1.82, 2.24) is 0 Å². The zero-order valence-electron chi connectivity index (χ0n) is 11.6. The van der Waals surface area contributed by atoms with E-state index in [9.17, 15) is 4.39 Å². The fraction of sp³-hybridized carbons (Fsp3) is 0.294. The molecule has 3 heteroatoms. The van der Waals surface area contributed by atoms with Gasteiger partial charge in [-0.1, -0.05) is 61.0 Å². The number of hydrogen-bond donors (Lipinski definition) is 1. The van der Waals surface area contributed by atoms with E-state index in [-0.39, 0.29) is 10.8 Å². The molecule has 2 aromatic carbocycles. The number of benzene rings is 2. The smallest absolute Gasteiger partial charge is 0.142 e. The van der Waals surface area contributed by atoms with Crippen molar-refractivity contribution in [1.29, 1.82) is 0 Å². The van der Waals surface area contributed by atoms with Gasteiger partial charge >= 0.3 is 0 Å². The number of nitrogens with two attached hydrogens (primary N) is 1. The van der Waals surface area contributed by atoms with Gasteiger partial charge in [0.1, 0.15) is 5.82 Å². The van der Waals surface area contributed by atoms with Crippen LogP contribution >= 0.6 is 11.6 Å². The minimum absolute atomic E-state index is 0.184. The van der Waals surface area contributed by atoms with E-state index in [1.54, 1.807) is 6.07 Å². The van der Waals surface area contributed by atoms with Crippen molar-refractivity contribution in [3.8, 4) is 0 Å². The van der Waals surface area contributed by atoms with E-state index < -0.39 is 5.54 Å². The van der Waals surface area contributed by atoms with E-state index >= 15 is 0 Å². The zero-order valence-corrected chi connectivity index (χ0v) is 12.3. The molecule has 0 aliphatic rings. The Labute approximate surface area is 124 Å². The molecule has 0 aliphatic heterocycles. The van der Waals surface area contributed by atoms with Gasteiger partial charge in [0.25, 0.3) is 0 Å². The zero-order chi connectivity index (χ0) is 14.6. The summed E-state index contributed by atoms with van der Waals surface area (Å²) in [4.78, 5) is 0. The van der Waals surface area contributed by atoms with Crippen LogP contribution in [0, 0.1) is 5.82 Å². The molecule has 2 aromatic rings. The van der Waals surface area contributed by atoms with Crippen LogP contribution in [0.5, 0.6) is 0 Å². The maximum absolute atomic E-state index is 13.5. The van der Waals surface area contributed by atoms with Crippen molar-refractivity contribution in [3.05, 3.63) is 70.5 Å². The molecule has 2 rings (SSSR count). The fourth-order valence-electron chi connectivity index (χ4n) is 2.38. The molecule has 0 radical (unpaired) electrons. The highest BCUT2D eigenvalue weighted by Gasteiger charge is 2.25. The highest BCUT2D eigenvalue weighted by molar-refractivity contribution is 6.31. The fourth-order valence-corrected chi connectivity index (χ4v) is 2.57. The van der Waals surface area contributed by atoms with Gasteiger partial charge in [0.05, 0.1) is 5.02 Å². The lowest BCUT2D eigenvalue weighted by molar-refractivity contribution is 0.403. The molecule has 1 atom stereocenters. The van der Waals surface area contributed by atoms with Gasteiger partial charge in [-0.3, -0.25) is 0 Å². The van der Waals surface area contributed by atoms with Crippen LogP contribution in [0.3, 0.4) is 0 Å². The molecule has 0 aromatic heterocycles. The number of hydrogen-bond acceptors (Lipinski definition) is 1. The molecule has 0 spiro atoms. The van der Waals surface area contributed by atoms with Crippen LogP contribution in [0.1, 0.15) is 24.5 Å². The van der Waals surface area contributed by atoms with Gasteiger partial charge in [-0.2, -0.15) is 0 Å². The molecule has 20 heavy (non-hydrogen) atoms. The monoisotopic (exact) mass is 291 g/mol. The summed E-state index contributed by atoms with van der Waals surface area (Å²) in [5.41, 5.74) is 8.04. The summed E-state index contributed by atoms with van der Waals surface area (Å²) in [5.74, 6) is -0.387. The van der Waals surface area contributed by atoms with Gasteiger partial charge in [0, 0.05) is 5.54 Å². The van der Waals surface area contributed by atoms with Gasteiger partial charge < -0.3 is 5.73 Å². The molecule has 2 N–H and O–H groups in total. The Morgan fingerprint density at radius 2 is 1.75 bits per heavy atom. The minimum atomic E-state index is -0.418. The summed E-state index contributed by atoms with van der Waals surface area (Å²) in [5, 5.41) is 0.184. The lowest BCUT2D eigenvalue weighted by Gasteiger charge is -2.29. The normalized spacial score (nSPS) is 14.0. The van der Waals surface area contributed by atoms with Crippen LogP contribution in [0.4, 0.5) is 4.39 Å². The number of rotatable bonds is 5. The second-order valence-electron chi connectivity index (χ2n) is 5.27. The summed E-state index contributed by atoms with van der Waals surface area (Å²) >= 11 is 6.03. The summed E-state index contributed by atoms with van der Waals surface area (Å²) in [6.07, 6.45) is 2.11. The Kier molecular flexibility index (Phi) is 4.79. The summed E-state index contributed by atoms with van der Waals surface area (Å²) in [6, 6.07) is 15.0. The first-order valence-electron chi connectivity index (χ1n) is 6.80. The first kappa shape index (κ1) is 15.0. The highest BCUT2D eigenvalue weighted by Crippen LogP contribution is 2.26. The molecule has 0 heterocycles. The van der Waals surface area contributed by atoms with Gasteiger partial charge in [0.15, 0.2) is 0 Å². The third-order valence-electron chi connectivity index (χ3n) is 3.68. The van der Waals surface area contributed by atoms with Crippen LogP contribution in [0.15, 0.2) is 48.5 Å². The van der Waals surface area contributed by atoms with E-state index in [0.29, 0.717) is 6.42 Å². The maximum atomic E-state index is 13.5. The van der Waals surface area contributed by atoms with Crippen LogP contribution in [0.25, 0.3) is 0 Å². The van der Waals surface area contributed by atoms with Gasteiger partial charge in [-0.15, -0.1) is 0 Å². The van der Waals surface area contributed by atoms with Crippen molar-refractivity contribution in [2.45, 2.75) is 31.7 Å². The summed E-state index contributed by atoms with van der Waals surface area (Å²) < 4.78 is 13.5. The van der Waals surface area contributed by atoms with Crippen molar-refractivity contribution in [2.75, 3.05) is 0 Å². The van der Waals surface area contributed by atoms with Crippen LogP contribution in [-0.2, 0) is 12.8 Å². The Balaban J connectivity index is 2.21. The van der Waals surface area contributed by atoms with Crippen molar-refractivity contribution >= 4 is 11.6 Å². The molecular formula is C17H19ClFN. The third kappa shape index (κ3) is 3.59. The van der Waals surface area contributed by atoms with E-state index in [0.717, 1.165) is 18.4 Å². The quantitative estimate of drug-likeness (QED) is 0.869. The Bertz CT molecular complexity index is 570. The summed E-state index contributed by atoms with van der Waals surface area (Å²) in [7, 11) is 0. The standard InChI is InChI=1S/C17H19ClFN/c1-2-17(20,11-13-7-4-3-5-8-13)12-14-9-6-10-15(19)16(14)18/h3-10H,2,11-12,20H2,1H3. The SMILES string of the molecule is CCC(N)(Cc1ccccc1)Cc1cccc(F)c1Cl. The maximum Gasteiger partial charge on any atom is 0.142 e. The highest BCUT2D eigenvalue weighted by atomic mass is 35.5. The molecule has 0 aliphatic carbocycles.